The van der Waals surface area contributed by atoms with Gasteiger partial charge in [-0.2, -0.15) is 13.2 Å². The SMILES string of the molecule is COC(=O)CCCOc1cc(C(F)(F)F)ccn1. The summed E-state index contributed by atoms with van der Waals surface area (Å²) in [7, 11) is 1.26. The molecule has 0 bridgehead atoms. The van der Waals surface area contributed by atoms with Crippen LogP contribution < -0.4 is 4.74 Å². The van der Waals surface area contributed by atoms with E-state index in [1.54, 1.807) is 0 Å². The zero-order chi connectivity index (χ0) is 13.6. The van der Waals surface area contributed by atoms with Gasteiger partial charge in [-0.1, -0.05) is 0 Å². The number of alkyl halides is 3. The van der Waals surface area contributed by atoms with E-state index in [-0.39, 0.29) is 18.9 Å². The third kappa shape index (κ3) is 4.60. The minimum Gasteiger partial charge on any atom is -0.478 e. The minimum absolute atomic E-state index is 0.101. The fourth-order valence-electron chi connectivity index (χ4n) is 1.16. The first-order valence-electron chi connectivity index (χ1n) is 5.16. The summed E-state index contributed by atoms with van der Waals surface area (Å²) >= 11 is 0. The summed E-state index contributed by atoms with van der Waals surface area (Å²) in [5.41, 5.74) is -0.819. The molecule has 1 rings (SSSR count). The van der Waals surface area contributed by atoms with Crippen molar-refractivity contribution in [2.45, 2.75) is 19.0 Å². The van der Waals surface area contributed by atoms with Crippen molar-refractivity contribution in [3.05, 3.63) is 23.9 Å². The number of halogens is 3. The Balaban J connectivity index is 2.46. The third-order valence-corrected chi connectivity index (χ3v) is 2.07. The number of pyridine rings is 1. The predicted octanol–water partition coefficient (Wildman–Crippen LogP) is 2.43. The van der Waals surface area contributed by atoms with Crippen molar-refractivity contribution in [2.75, 3.05) is 13.7 Å². The lowest BCUT2D eigenvalue weighted by Crippen LogP contribution is -2.08. The number of nitrogens with zero attached hydrogens (tertiary/aromatic N) is 1. The molecule has 0 unspecified atom stereocenters. The van der Waals surface area contributed by atoms with Gasteiger partial charge in [-0.05, 0) is 12.5 Å². The molecule has 0 aromatic carbocycles. The highest BCUT2D eigenvalue weighted by molar-refractivity contribution is 5.68. The Morgan fingerprint density at radius 2 is 2.17 bits per heavy atom. The van der Waals surface area contributed by atoms with Crippen molar-refractivity contribution >= 4 is 5.97 Å². The van der Waals surface area contributed by atoms with E-state index in [9.17, 15) is 18.0 Å². The Hall–Kier alpha value is -1.79. The molecule has 0 radical (unpaired) electrons. The number of hydrogen-bond acceptors (Lipinski definition) is 4. The third-order valence-electron chi connectivity index (χ3n) is 2.07. The molecule has 100 valence electrons. The van der Waals surface area contributed by atoms with E-state index in [1.807, 2.05) is 0 Å². The molecule has 1 aromatic heterocycles. The number of carbonyl (C=O) groups is 1. The van der Waals surface area contributed by atoms with Crippen LogP contribution in [-0.4, -0.2) is 24.7 Å². The van der Waals surface area contributed by atoms with Crippen LogP contribution >= 0.6 is 0 Å². The summed E-state index contributed by atoms with van der Waals surface area (Å²) in [4.78, 5) is 14.4. The first kappa shape index (κ1) is 14.3. The maximum atomic E-state index is 12.4. The van der Waals surface area contributed by atoms with Gasteiger partial charge in [0.1, 0.15) is 0 Å². The number of carbonyl (C=O) groups excluding carboxylic acids is 1. The summed E-state index contributed by atoms with van der Waals surface area (Å²) < 4.78 is 46.5. The lowest BCUT2D eigenvalue weighted by molar-refractivity contribution is -0.140. The van der Waals surface area contributed by atoms with E-state index in [0.29, 0.717) is 6.42 Å². The van der Waals surface area contributed by atoms with E-state index in [2.05, 4.69) is 9.72 Å². The Bertz CT molecular complexity index is 407. The first-order valence-corrected chi connectivity index (χ1v) is 5.16. The van der Waals surface area contributed by atoms with E-state index in [4.69, 9.17) is 4.74 Å². The first-order chi connectivity index (χ1) is 8.43. The van der Waals surface area contributed by atoms with E-state index < -0.39 is 17.7 Å². The highest BCUT2D eigenvalue weighted by Gasteiger charge is 2.30. The van der Waals surface area contributed by atoms with Crippen molar-refractivity contribution in [2.24, 2.45) is 0 Å². The molecule has 0 aliphatic carbocycles. The smallest absolute Gasteiger partial charge is 0.416 e. The predicted molar refractivity (Wildman–Crippen MR) is 56.0 cm³/mol. The highest BCUT2D eigenvalue weighted by atomic mass is 19.4. The van der Waals surface area contributed by atoms with Gasteiger partial charge in [-0.3, -0.25) is 4.79 Å². The van der Waals surface area contributed by atoms with Crippen LogP contribution in [0, 0.1) is 0 Å². The molecule has 0 spiro atoms. The van der Waals surface area contributed by atoms with Crippen molar-refractivity contribution < 1.29 is 27.4 Å². The van der Waals surface area contributed by atoms with Crippen molar-refractivity contribution in [1.29, 1.82) is 0 Å². The largest absolute Gasteiger partial charge is 0.478 e. The van der Waals surface area contributed by atoms with Crippen LogP contribution in [0.25, 0.3) is 0 Å². The van der Waals surface area contributed by atoms with Gasteiger partial charge >= 0.3 is 12.1 Å². The second kappa shape index (κ2) is 6.23. The molecule has 4 nitrogen and oxygen atoms in total. The number of ether oxygens (including phenoxy) is 2. The summed E-state index contributed by atoms with van der Waals surface area (Å²) in [5, 5.41) is 0. The van der Waals surface area contributed by atoms with Crippen LogP contribution in [0.2, 0.25) is 0 Å². The molecular weight excluding hydrogens is 251 g/mol. The van der Waals surface area contributed by atoms with Crippen molar-refractivity contribution in [1.82, 2.24) is 4.98 Å². The lowest BCUT2D eigenvalue weighted by atomic mass is 10.2. The van der Waals surface area contributed by atoms with Gasteiger partial charge in [-0.15, -0.1) is 0 Å². The molecule has 0 saturated carbocycles. The van der Waals surface area contributed by atoms with Gasteiger partial charge in [0.15, 0.2) is 0 Å². The average molecular weight is 263 g/mol. The van der Waals surface area contributed by atoms with Gasteiger partial charge in [0.05, 0.1) is 19.3 Å². The zero-order valence-corrected chi connectivity index (χ0v) is 9.66. The van der Waals surface area contributed by atoms with Gasteiger partial charge in [0.25, 0.3) is 0 Å². The Labute approximate surface area is 102 Å². The molecule has 0 aliphatic rings. The summed E-state index contributed by atoms with van der Waals surface area (Å²) in [5.74, 6) is -0.509. The number of hydrogen-bond donors (Lipinski definition) is 0. The second-order valence-corrected chi connectivity index (χ2v) is 3.41. The van der Waals surface area contributed by atoms with E-state index in [0.717, 1.165) is 18.3 Å². The minimum atomic E-state index is -4.42. The van der Waals surface area contributed by atoms with Gasteiger partial charge in [0, 0.05) is 18.7 Å². The molecule has 1 aromatic rings. The fraction of sp³-hybridized carbons (Fsp3) is 0.455. The molecule has 0 N–H and O–H groups in total. The van der Waals surface area contributed by atoms with Gasteiger partial charge < -0.3 is 9.47 Å². The maximum Gasteiger partial charge on any atom is 0.416 e. The molecule has 18 heavy (non-hydrogen) atoms. The van der Waals surface area contributed by atoms with Crippen molar-refractivity contribution in [3.8, 4) is 5.88 Å². The molecule has 0 fully saturated rings. The van der Waals surface area contributed by atoms with Crippen LogP contribution in [0.5, 0.6) is 5.88 Å². The Kier molecular flexibility index (Phi) is 4.94. The topological polar surface area (TPSA) is 48.4 Å². The van der Waals surface area contributed by atoms with Crippen LogP contribution in [0.3, 0.4) is 0 Å². The zero-order valence-electron chi connectivity index (χ0n) is 9.66. The molecule has 0 saturated heterocycles. The van der Waals surface area contributed by atoms with E-state index in [1.165, 1.54) is 7.11 Å². The number of methoxy groups -OCH3 is 1. The lowest BCUT2D eigenvalue weighted by Gasteiger charge is -2.08. The maximum absolute atomic E-state index is 12.4. The molecule has 0 aliphatic heterocycles. The monoisotopic (exact) mass is 263 g/mol. The van der Waals surface area contributed by atoms with Crippen molar-refractivity contribution in [3.63, 3.8) is 0 Å². The number of rotatable bonds is 5. The Morgan fingerprint density at radius 1 is 1.44 bits per heavy atom. The van der Waals surface area contributed by atoms with Crippen LogP contribution in [-0.2, 0) is 15.7 Å². The average Bonchev–Trinajstić information content (AvgIpc) is 2.33. The Morgan fingerprint density at radius 3 is 2.78 bits per heavy atom. The molecule has 0 atom stereocenters. The molecule has 7 heteroatoms. The second-order valence-electron chi connectivity index (χ2n) is 3.41. The van der Waals surface area contributed by atoms with Crippen LogP contribution in [0.1, 0.15) is 18.4 Å². The molecule has 0 amide bonds. The van der Waals surface area contributed by atoms with Crippen LogP contribution in [0.4, 0.5) is 13.2 Å². The van der Waals surface area contributed by atoms with Gasteiger partial charge in [0.2, 0.25) is 5.88 Å². The molecule has 1 heterocycles. The quantitative estimate of drug-likeness (QED) is 0.604. The standard InChI is InChI=1S/C11H12F3NO3/c1-17-10(16)3-2-6-18-9-7-8(4-5-15-9)11(12,13)14/h4-5,7H,2-3,6H2,1H3. The molecular formula is C11H12F3NO3. The van der Waals surface area contributed by atoms with Gasteiger partial charge in [-0.25, -0.2) is 4.98 Å². The van der Waals surface area contributed by atoms with E-state index >= 15 is 0 Å². The van der Waals surface area contributed by atoms with Crippen LogP contribution in [0.15, 0.2) is 18.3 Å². The number of aromatic nitrogens is 1. The fourth-order valence-corrected chi connectivity index (χ4v) is 1.16. The highest BCUT2D eigenvalue weighted by Crippen LogP contribution is 2.30. The summed E-state index contributed by atoms with van der Waals surface area (Å²) in [6.07, 6.45) is -2.90. The summed E-state index contributed by atoms with van der Waals surface area (Å²) in [6, 6.07) is 1.68. The normalized spacial score (nSPS) is 11.1. The number of esters is 1. The summed E-state index contributed by atoms with van der Waals surface area (Å²) in [6.45, 7) is 0.101.